The molecule has 1 aromatic carbocycles. The van der Waals surface area contributed by atoms with Crippen molar-refractivity contribution in [1.82, 2.24) is 19.5 Å². The largest absolute Gasteiger partial charge is 0.417 e. The molecular formula is C20H14F6N4O2S. The third kappa shape index (κ3) is 3.90. The van der Waals surface area contributed by atoms with Gasteiger partial charge < -0.3 is 4.57 Å². The van der Waals surface area contributed by atoms with E-state index in [0.717, 1.165) is 18.2 Å². The van der Waals surface area contributed by atoms with E-state index in [4.69, 9.17) is 0 Å². The quantitative estimate of drug-likeness (QED) is 0.379. The fraction of sp³-hybridized carbons (Fsp3) is 0.250. The summed E-state index contributed by atoms with van der Waals surface area (Å²) in [6.45, 7) is 1.32. The molecule has 0 radical (unpaired) electrons. The molecule has 0 fully saturated rings. The molecule has 3 aromatic heterocycles. The van der Waals surface area contributed by atoms with Gasteiger partial charge in [0.2, 0.25) is 0 Å². The number of halogens is 6. The number of sulfone groups is 1. The molecule has 3 heterocycles. The van der Waals surface area contributed by atoms with Crippen LogP contribution >= 0.6 is 0 Å². The molecule has 0 unspecified atom stereocenters. The lowest BCUT2D eigenvalue weighted by Crippen LogP contribution is -2.11. The van der Waals surface area contributed by atoms with Gasteiger partial charge in [0, 0.05) is 30.2 Å². The van der Waals surface area contributed by atoms with Gasteiger partial charge in [-0.1, -0.05) is 13.0 Å². The fourth-order valence-electron chi connectivity index (χ4n) is 3.42. The highest BCUT2D eigenvalue weighted by Gasteiger charge is 2.34. The lowest BCUT2D eigenvalue weighted by molar-refractivity contribution is -0.138. The molecule has 0 N–H and O–H groups in total. The minimum absolute atomic E-state index is 0.0174. The molecule has 4 rings (SSSR count). The van der Waals surface area contributed by atoms with E-state index < -0.39 is 44.0 Å². The normalized spacial score (nSPS) is 13.2. The van der Waals surface area contributed by atoms with Crippen LogP contribution in [0.5, 0.6) is 0 Å². The molecule has 0 aliphatic rings. The number of fused-ring (bicyclic) bond motifs is 2. The van der Waals surface area contributed by atoms with E-state index in [0.29, 0.717) is 12.3 Å². The van der Waals surface area contributed by atoms with Gasteiger partial charge in [0.05, 0.1) is 16.9 Å². The Labute approximate surface area is 182 Å². The topological polar surface area (TPSA) is 77.7 Å². The maximum atomic E-state index is 13.3. The number of hydrogen-bond donors (Lipinski definition) is 0. The van der Waals surface area contributed by atoms with Gasteiger partial charge in [0.15, 0.2) is 21.3 Å². The Kier molecular flexibility index (Phi) is 5.15. The van der Waals surface area contributed by atoms with Gasteiger partial charge in [0.25, 0.3) is 0 Å². The first kappa shape index (κ1) is 23.0. The van der Waals surface area contributed by atoms with Gasteiger partial charge in [-0.15, -0.1) is 0 Å². The second-order valence-corrected chi connectivity index (χ2v) is 9.41. The summed E-state index contributed by atoms with van der Waals surface area (Å²) in [5.74, 6) is -0.597. The van der Waals surface area contributed by atoms with Crippen LogP contribution in [0.2, 0.25) is 0 Å². The van der Waals surface area contributed by atoms with Gasteiger partial charge in [-0.25, -0.2) is 18.4 Å². The van der Waals surface area contributed by atoms with Gasteiger partial charge in [-0.3, -0.25) is 4.98 Å². The van der Waals surface area contributed by atoms with Crippen molar-refractivity contribution in [3.8, 4) is 11.5 Å². The Morgan fingerprint density at radius 1 is 0.939 bits per heavy atom. The van der Waals surface area contributed by atoms with Crippen molar-refractivity contribution in [1.29, 1.82) is 0 Å². The standard InChI is InChI=1S/C20H14F6N4O2S/c1-3-33(31,32)16-13-6-11(19(21,22)23)5-4-10(13)8-27-15(16)18-29-14-7-12(20(24,25)26)9-28-17(14)30(18)2/h4-9H,3H2,1-2H3. The predicted octanol–water partition coefficient (Wildman–Crippen LogP) is 5.01. The summed E-state index contributed by atoms with van der Waals surface area (Å²) in [5.41, 5.74) is -2.54. The van der Waals surface area contributed by atoms with Crippen molar-refractivity contribution in [3.05, 3.63) is 47.8 Å². The van der Waals surface area contributed by atoms with Gasteiger partial charge in [-0.2, -0.15) is 26.3 Å². The average Bonchev–Trinajstić information content (AvgIpc) is 3.07. The van der Waals surface area contributed by atoms with Crippen LogP contribution < -0.4 is 0 Å². The van der Waals surface area contributed by atoms with E-state index in [2.05, 4.69) is 15.0 Å². The molecule has 4 aromatic rings. The number of nitrogens with zero attached hydrogens (tertiary/aromatic N) is 4. The van der Waals surface area contributed by atoms with Crippen molar-refractivity contribution in [2.75, 3.05) is 5.75 Å². The van der Waals surface area contributed by atoms with Crippen LogP contribution in [0.4, 0.5) is 26.3 Å². The van der Waals surface area contributed by atoms with Crippen molar-refractivity contribution in [3.63, 3.8) is 0 Å². The van der Waals surface area contributed by atoms with Crippen LogP contribution in [0.3, 0.4) is 0 Å². The molecule has 33 heavy (non-hydrogen) atoms. The number of aromatic nitrogens is 4. The molecule has 0 bridgehead atoms. The van der Waals surface area contributed by atoms with Crippen LogP contribution in [-0.4, -0.2) is 33.7 Å². The summed E-state index contributed by atoms with van der Waals surface area (Å²) in [7, 11) is -2.74. The zero-order valence-corrected chi connectivity index (χ0v) is 17.8. The number of hydrogen-bond acceptors (Lipinski definition) is 5. The SMILES string of the molecule is CCS(=O)(=O)c1c(-c2nc3cc(C(F)(F)F)cnc3n2C)ncc2ccc(C(F)(F)F)cc12. The highest BCUT2D eigenvalue weighted by molar-refractivity contribution is 7.91. The van der Waals surface area contributed by atoms with Gasteiger partial charge in [0.1, 0.15) is 16.1 Å². The Hall–Kier alpha value is -3.22. The molecule has 0 saturated carbocycles. The lowest BCUT2D eigenvalue weighted by atomic mass is 10.1. The van der Waals surface area contributed by atoms with Crippen LogP contribution in [-0.2, 0) is 29.2 Å². The highest BCUT2D eigenvalue weighted by Crippen LogP contribution is 2.38. The third-order valence-electron chi connectivity index (χ3n) is 5.11. The van der Waals surface area contributed by atoms with Gasteiger partial charge >= 0.3 is 12.4 Å². The molecule has 0 aliphatic carbocycles. The Balaban J connectivity index is 2.08. The predicted molar refractivity (Wildman–Crippen MR) is 107 cm³/mol. The van der Waals surface area contributed by atoms with Crippen LogP contribution in [0.25, 0.3) is 33.5 Å². The summed E-state index contributed by atoms with van der Waals surface area (Å²) >= 11 is 0. The Bertz CT molecular complexity index is 1510. The van der Waals surface area contributed by atoms with E-state index >= 15 is 0 Å². The first-order chi connectivity index (χ1) is 15.2. The summed E-state index contributed by atoms with van der Waals surface area (Å²) in [6, 6.07) is 3.38. The van der Waals surface area contributed by atoms with Crippen molar-refractivity contribution in [2.45, 2.75) is 24.2 Å². The number of imidazole rings is 1. The number of rotatable bonds is 3. The van der Waals surface area contributed by atoms with Crippen LogP contribution in [0.15, 0.2) is 41.6 Å². The molecule has 0 amide bonds. The Morgan fingerprint density at radius 2 is 1.61 bits per heavy atom. The van der Waals surface area contributed by atoms with E-state index in [1.807, 2.05) is 0 Å². The summed E-state index contributed by atoms with van der Waals surface area (Å²) in [6.07, 6.45) is -7.60. The number of pyridine rings is 2. The van der Waals surface area contributed by atoms with E-state index in [1.54, 1.807) is 0 Å². The minimum atomic E-state index is -4.72. The zero-order valence-electron chi connectivity index (χ0n) is 17.0. The Morgan fingerprint density at radius 3 is 2.21 bits per heavy atom. The van der Waals surface area contributed by atoms with Crippen LogP contribution in [0.1, 0.15) is 18.1 Å². The van der Waals surface area contributed by atoms with Crippen molar-refractivity contribution >= 4 is 31.8 Å². The smallest absolute Gasteiger partial charge is 0.310 e. The molecule has 174 valence electrons. The van der Waals surface area contributed by atoms with Crippen LogP contribution in [0, 0.1) is 0 Å². The molecule has 0 saturated heterocycles. The number of alkyl halides is 6. The maximum Gasteiger partial charge on any atom is 0.417 e. The summed E-state index contributed by atoms with van der Waals surface area (Å²) < 4.78 is 106. The second kappa shape index (κ2) is 7.40. The molecule has 0 spiro atoms. The summed E-state index contributed by atoms with van der Waals surface area (Å²) in [4.78, 5) is 11.5. The third-order valence-corrected chi connectivity index (χ3v) is 6.91. The first-order valence-corrected chi connectivity index (χ1v) is 11.0. The van der Waals surface area contributed by atoms with E-state index in [9.17, 15) is 34.8 Å². The van der Waals surface area contributed by atoms with Gasteiger partial charge in [-0.05, 0) is 18.2 Å². The highest BCUT2D eigenvalue weighted by atomic mass is 32.2. The molecule has 0 atom stereocenters. The molecular weight excluding hydrogens is 474 g/mol. The van der Waals surface area contributed by atoms with E-state index in [1.165, 1.54) is 24.7 Å². The molecule has 0 aliphatic heterocycles. The molecule has 6 nitrogen and oxygen atoms in total. The molecule has 13 heteroatoms. The zero-order chi connectivity index (χ0) is 24.3. The van der Waals surface area contributed by atoms with Crippen molar-refractivity contribution in [2.24, 2.45) is 7.05 Å². The average molecular weight is 488 g/mol. The number of benzene rings is 1. The number of aryl methyl sites for hydroxylation is 1. The minimum Gasteiger partial charge on any atom is -0.310 e. The first-order valence-electron chi connectivity index (χ1n) is 9.37. The lowest BCUT2D eigenvalue weighted by Gasteiger charge is -2.14. The monoisotopic (exact) mass is 488 g/mol. The van der Waals surface area contributed by atoms with Crippen molar-refractivity contribution < 1.29 is 34.8 Å². The fourth-order valence-corrected chi connectivity index (χ4v) is 4.66. The van der Waals surface area contributed by atoms with E-state index in [-0.39, 0.29) is 33.5 Å². The summed E-state index contributed by atoms with van der Waals surface area (Å²) in [5, 5.41) is -0.0670. The second-order valence-electron chi connectivity index (χ2n) is 7.20. The maximum absolute atomic E-state index is 13.3.